The Morgan fingerprint density at radius 3 is 2.79 bits per heavy atom. The second-order valence-electron chi connectivity index (χ2n) is 3.22. The van der Waals surface area contributed by atoms with Crippen molar-refractivity contribution >= 4 is 6.29 Å². The number of rotatable bonds is 2. The summed E-state index contributed by atoms with van der Waals surface area (Å²) in [5.74, 6) is 0.781. The largest absolute Gasteiger partial charge is 0.463 e. The molecule has 0 bridgehead atoms. The van der Waals surface area contributed by atoms with E-state index >= 15 is 0 Å². The second-order valence-corrected chi connectivity index (χ2v) is 3.22. The minimum Gasteiger partial charge on any atom is -0.463 e. The van der Waals surface area contributed by atoms with Gasteiger partial charge in [-0.15, -0.1) is 0 Å². The van der Waals surface area contributed by atoms with Gasteiger partial charge in [-0.25, -0.2) is 0 Å². The summed E-state index contributed by atoms with van der Waals surface area (Å²) in [5, 5.41) is 0. The summed E-state index contributed by atoms with van der Waals surface area (Å²) in [7, 11) is 1.92. The molecule has 0 aliphatic carbocycles. The van der Waals surface area contributed by atoms with Crippen molar-refractivity contribution in [3.8, 4) is 11.5 Å². The first kappa shape index (κ1) is 8.81. The van der Waals surface area contributed by atoms with E-state index in [1.807, 2.05) is 36.7 Å². The maximum absolute atomic E-state index is 10.7. The lowest BCUT2D eigenvalue weighted by molar-refractivity contribution is 0.112. The molecule has 72 valence electrons. The van der Waals surface area contributed by atoms with Gasteiger partial charge in [0.15, 0.2) is 6.29 Å². The van der Waals surface area contributed by atoms with Crippen LogP contribution in [0.25, 0.3) is 11.5 Å². The summed E-state index contributed by atoms with van der Waals surface area (Å²) in [5.41, 5.74) is 2.58. The molecule has 0 saturated carbocycles. The van der Waals surface area contributed by atoms with Gasteiger partial charge < -0.3 is 8.98 Å². The standard InChI is InChI=1S/C11H11NO2/c1-8-9(7-13)6-10(12(8)2)11-4-3-5-14-11/h3-7H,1-2H3. The Hall–Kier alpha value is -1.77. The Labute approximate surface area is 82.0 Å². The van der Waals surface area contributed by atoms with Crippen LogP contribution < -0.4 is 0 Å². The highest BCUT2D eigenvalue weighted by Gasteiger charge is 2.11. The first-order valence-electron chi connectivity index (χ1n) is 4.39. The number of hydrogen-bond donors (Lipinski definition) is 0. The molecule has 0 aromatic carbocycles. The highest BCUT2D eigenvalue weighted by Crippen LogP contribution is 2.23. The van der Waals surface area contributed by atoms with Gasteiger partial charge in [0, 0.05) is 18.3 Å². The average molecular weight is 189 g/mol. The molecular weight excluding hydrogens is 178 g/mol. The molecule has 0 amide bonds. The number of furan rings is 1. The van der Waals surface area contributed by atoms with Crippen molar-refractivity contribution in [1.82, 2.24) is 4.57 Å². The number of carbonyl (C=O) groups is 1. The first-order chi connectivity index (χ1) is 6.74. The molecule has 0 aliphatic heterocycles. The fourth-order valence-corrected chi connectivity index (χ4v) is 1.50. The third-order valence-corrected chi connectivity index (χ3v) is 2.48. The lowest BCUT2D eigenvalue weighted by atomic mass is 10.2. The summed E-state index contributed by atoms with van der Waals surface area (Å²) < 4.78 is 7.22. The summed E-state index contributed by atoms with van der Waals surface area (Å²) in [6.07, 6.45) is 2.49. The molecule has 3 nitrogen and oxygen atoms in total. The van der Waals surface area contributed by atoms with Crippen LogP contribution in [0.5, 0.6) is 0 Å². The van der Waals surface area contributed by atoms with Crippen LogP contribution in [-0.4, -0.2) is 10.9 Å². The van der Waals surface area contributed by atoms with Crippen LogP contribution in [0.3, 0.4) is 0 Å². The Morgan fingerprint density at radius 1 is 1.50 bits per heavy atom. The van der Waals surface area contributed by atoms with Gasteiger partial charge in [0.05, 0.1) is 12.0 Å². The lowest BCUT2D eigenvalue weighted by Gasteiger charge is -2.00. The zero-order valence-electron chi connectivity index (χ0n) is 8.15. The highest BCUT2D eigenvalue weighted by molar-refractivity contribution is 5.80. The molecular formula is C11H11NO2. The van der Waals surface area contributed by atoms with E-state index in [1.54, 1.807) is 6.26 Å². The number of carbonyl (C=O) groups excluding carboxylic acids is 1. The highest BCUT2D eigenvalue weighted by atomic mass is 16.3. The molecule has 0 fully saturated rings. The molecule has 0 radical (unpaired) electrons. The van der Waals surface area contributed by atoms with E-state index in [0.717, 1.165) is 23.4 Å². The third-order valence-electron chi connectivity index (χ3n) is 2.48. The summed E-state index contributed by atoms with van der Waals surface area (Å²) in [6, 6.07) is 5.54. The van der Waals surface area contributed by atoms with Crippen LogP contribution in [-0.2, 0) is 7.05 Å². The second kappa shape index (κ2) is 3.18. The van der Waals surface area contributed by atoms with E-state index in [-0.39, 0.29) is 0 Å². The number of hydrogen-bond acceptors (Lipinski definition) is 2. The smallest absolute Gasteiger partial charge is 0.151 e. The number of aromatic nitrogens is 1. The Kier molecular flexibility index (Phi) is 2.00. The van der Waals surface area contributed by atoms with E-state index < -0.39 is 0 Å². The molecule has 2 heterocycles. The third kappa shape index (κ3) is 1.18. The molecule has 2 aromatic rings. The van der Waals surface area contributed by atoms with E-state index in [2.05, 4.69) is 0 Å². The van der Waals surface area contributed by atoms with E-state index in [1.165, 1.54) is 0 Å². The SMILES string of the molecule is Cc1c(C=O)cc(-c2ccco2)n1C. The summed E-state index contributed by atoms with van der Waals surface area (Å²) in [4.78, 5) is 10.7. The monoisotopic (exact) mass is 189 g/mol. The molecule has 0 atom stereocenters. The lowest BCUT2D eigenvalue weighted by Crippen LogP contribution is -1.93. The van der Waals surface area contributed by atoms with Crippen LogP contribution in [0.1, 0.15) is 16.1 Å². The Bertz CT molecular complexity index is 452. The van der Waals surface area contributed by atoms with Crippen molar-refractivity contribution < 1.29 is 9.21 Å². The maximum atomic E-state index is 10.7. The Balaban J connectivity index is 2.60. The molecule has 14 heavy (non-hydrogen) atoms. The molecule has 0 spiro atoms. The quantitative estimate of drug-likeness (QED) is 0.680. The molecule has 2 aromatic heterocycles. The Morgan fingerprint density at radius 2 is 2.29 bits per heavy atom. The van der Waals surface area contributed by atoms with Crippen molar-refractivity contribution in [3.05, 3.63) is 35.7 Å². The van der Waals surface area contributed by atoms with E-state index in [9.17, 15) is 4.79 Å². The van der Waals surface area contributed by atoms with Crippen molar-refractivity contribution in [2.75, 3.05) is 0 Å². The average Bonchev–Trinajstić information content (AvgIpc) is 2.78. The van der Waals surface area contributed by atoms with Crippen molar-refractivity contribution in [1.29, 1.82) is 0 Å². The zero-order valence-corrected chi connectivity index (χ0v) is 8.15. The van der Waals surface area contributed by atoms with Crippen LogP contribution in [0, 0.1) is 6.92 Å². The summed E-state index contributed by atoms with van der Waals surface area (Å²) in [6.45, 7) is 1.91. The predicted molar refractivity (Wildman–Crippen MR) is 53.2 cm³/mol. The molecule has 2 rings (SSSR count). The summed E-state index contributed by atoms with van der Waals surface area (Å²) >= 11 is 0. The topological polar surface area (TPSA) is 35.1 Å². The fourth-order valence-electron chi connectivity index (χ4n) is 1.50. The molecule has 0 aliphatic rings. The van der Waals surface area contributed by atoms with Crippen LogP contribution in [0.2, 0.25) is 0 Å². The minimum absolute atomic E-state index is 0.707. The van der Waals surface area contributed by atoms with Crippen molar-refractivity contribution in [3.63, 3.8) is 0 Å². The van der Waals surface area contributed by atoms with Crippen molar-refractivity contribution in [2.45, 2.75) is 6.92 Å². The molecule has 0 unspecified atom stereocenters. The maximum Gasteiger partial charge on any atom is 0.151 e. The molecule has 3 heteroatoms. The molecule has 0 N–H and O–H groups in total. The minimum atomic E-state index is 0.707. The fraction of sp³-hybridized carbons (Fsp3) is 0.182. The normalized spacial score (nSPS) is 10.4. The predicted octanol–water partition coefficient (Wildman–Crippen LogP) is 2.41. The van der Waals surface area contributed by atoms with Crippen LogP contribution in [0.4, 0.5) is 0 Å². The van der Waals surface area contributed by atoms with Crippen LogP contribution in [0.15, 0.2) is 28.9 Å². The van der Waals surface area contributed by atoms with Gasteiger partial charge in [-0.2, -0.15) is 0 Å². The van der Waals surface area contributed by atoms with Gasteiger partial charge in [0.2, 0.25) is 0 Å². The van der Waals surface area contributed by atoms with E-state index in [0.29, 0.717) is 5.56 Å². The van der Waals surface area contributed by atoms with E-state index in [4.69, 9.17) is 4.42 Å². The van der Waals surface area contributed by atoms with Gasteiger partial charge in [-0.05, 0) is 25.1 Å². The number of nitrogens with zero attached hydrogens (tertiary/aromatic N) is 1. The van der Waals surface area contributed by atoms with Gasteiger partial charge in [0.1, 0.15) is 5.76 Å². The first-order valence-corrected chi connectivity index (χ1v) is 4.39. The van der Waals surface area contributed by atoms with Crippen LogP contribution >= 0.6 is 0 Å². The van der Waals surface area contributed by atoms with Gasteiger partial charge >= 0.3 is 0 Å². The van der Waals surface area contributed by atoms with Gasteiger partial charge in [-0.1, -0.05) is 0 Å². The van der Waals surface area contributed by atoms with Gasteiger partial charge in [0.25, 0.3) is 0 Å². The zero-order chi connectivity index (χ0) is 10.1. The van der Waals surface area contributed by atoms with Crippen molar-refractivity contribution in [2.24, 2.45) is 7.05 Å². The van der Waals surface area contributed by atoms with Gasteiger partial charge in [-0.3, -0.25) is 4.79 Å². The number of aldehydes is 1. The molecule has 0 saturated heterocycles.